The van der Waals surface area contributed by atoms with Gasteiger partial charge in [-0.05, 0) is 81.9 Å². The van der Waals surface area contributed by atoms with Gasteiger partial charge in [-0.1, -0.05) is 41.4 Å². The van der Waals surface area contributed by atoms with Gasteiger partial charge in [0.15, 0.2) is 0 Å². The normalized spacial score (nSPS) is 17.8. The zero-order valence-corrected chi connectivity index (χ0v) is 17.6. The first-order valence-electron chi connectivity index (χ1n) is 10.5. The zero-order valence-electron chi connectivity index (χ0n) is 16.9. The summed E-state index contributed by atoms with van der Waals surface area (Å²) in [4.78, 5) is 28.7. The topological polar surface area (TPSA) is 40.6 Å². The summed E-state index contributed by atoms with van der Waals surface area (Å²) < 4.78 is 0. The Kier molecular flexibility index (Phi) is 6.02. The molecule has 152 valence electrons. The average molecular weight is 411 g/mol. The fraction of sp³-hybridized carbons (Fsp3) is 0.417. The maximum Gasteiger partial charge on any atom is 0.261 e. The first kappa shape index (κ1) is 20.1. The van der Waals surface area contributed by atoms with Crippen LogP contribution in [0.4, 0.5) is 0 Å². The molecule has 0 atom stereocenters. The number of amides is 2. The number of imide groups is 1. The minimum atomic E-state index is -0.153. The largest absolute Gasteiger partial charge is 0.303 e. The quantitative estimate of drug-likeness (QED) is 0.654. The van der Waals surface area contributed by atoms with E-state index in [9.17, 15) is 9.59 Å². The molecule has 29 heavy (non-hydrogen) atoms. The van der Waals surface area contributed by atoms with E-state index < -0.39 is 0 Å². The molecule has 0 spiro atoms. The Balaban J connectivity index is 1.22. The van der Waals surface area contributed by atoms with Crippen LogP contribution in [0.2, 0.25) is 5.02 Å². The predicted molar refractivity (Wildman–Crippen MR) is 115 cm³/mol. The SMILES string of the molecule is Cc1ccc(Cl)c(CC2CCN(CCCN3C(=O)c4ccccc4C3=O)CC2)c1. The lowest BCUT2D eigenvalue weighted by Crippen LogP contribution is -2.37. The molecule has 0 aliphatic carbocycles. The van der Waals surface area contributed by atoms with E-state index in [4.69, 9.17) is 11.6 Å². The van der Waals surface area contributed by atoms with Crippen molar-refractivity contribution in [2.45, 2.75) is 32.6 Å². The van der Waals surface area contributed by atoms with Crippen molar-refractivity contribution >= 4 is 23.4 Å². The molecule has 2 aliphatic heterocycles. The molecular weight excluding hydrogens is 384 g/mol. The average Bonchev–Trinajstić information content (AvgIpc) is 2.97. The van der Waals surface area contributed by atoms with Gasteiger partial charge < -0.3 is 4.90 Å². The lowest BCUT2D eigenvalue weighted by Gasteiger charge is -2.32. The summed E-state index contributed by atoms with van der Waals surface area (Å²) in [5, 5.41) is 0.874. The van der Waals surface area contributed by atoms with Gasteiger partial charge in [-0.15, -0.1) is 0 Å². The van der Waals surface area contributed by atoms with Gasteiger partial charge in [0.25, 0.3) is 11.8 Å². The monoisotopic (exact) mass is 410 g/mol. The second kappa shape index (κ2) is 8.68. The Morgan fingerprint density at radius 2 is 1.62 bits per heavy atom. The number of fused-ring (bicyclic) bond motifs is 1. The van der Waals surface area contributed by atoms with Crippen LogP contribution in [-0.2, 0) is 6.42 Å². The van der Waals surface area contributed by atoms with E-state index in [0.717, 1.165) is 50.3 Å². The van der Waals surface area contributed by atoms with Crippen molar-refractivity contribution < 1.29 is 9.59 Å². The minimum Gasteiger partial charge on any atom is -0.303 e. The molecule has 2 aliphatic rings. The van der Waals surface area contributed by atoms with E-state index in [0.29, 0.717) is 23.6 Å². The fourth-order valence-corrected chi connectivity index (χ4v) is 4.67. The van der Waals surface area contributed by atoms with E-state index >= 15 is 0 Å². The number of carbonyl (C=O) groups excluding carboxylic acids is 2. The van der Waals surface area contributed by atoms with Gasteiger partial charge in [0.05, 0.1) is 11.1 Å². The summed E-state index contributed by atoms with van der Waals surface area (Å²) in [6.07, 6.45) is 4.19. The molecule has 0 aromatic heterocycles. The number of nitrogens with zero attached hydrogens (tertiary/aromatic N) is 2. The van der Waals surface area contributed by atoms with Crippen LogP contribution in [0.1, 0.15) is 51.1 Å². The van der Waals surface area contributed by atoms with Crippen molar-refractivity contribution in [2.24, 2.45) is 5.92 Å². The van der Waals surface area contributed by atoms with Crippen LogP contribution >= 0.6 is 11.6 Å². The summed E-state index contributed by atoms with van der Waals surface area (Å²) in [6, 6.07) is 13.4. The number of hydrogen-bond acceptors (Lipinski definition) is 3. The lowest BCUT2D eigenvalue weighted by molar-refractivity contribution is 0.0644. The molecule has 0 unspecified atom stereocenters. The maximum atomic E-state index is 12.4. The highest BCUT2D eigenvalue weighted by atomic mass is 35.5. The molecule has 2 heterocycles. The zero-order chi connectivity index (χ0) is 20.4. The molecule has 1 saturated heterocycles. The standard InChI is InChI=1S/C24H27ClN2O2/c1-17-7-8-22(25)19(15-17)16-18-9-13-26(14-10-18)11-4-12-27-23(28)20-5-2-3-6-21(20)24(27)29/h2-3,5-8,15,18H,4,9-14,16H2,1H3. The number of aryl methyl sites for hydroxylation is 1. The first-order valence-corrected chi connectivity index (χ1v) is 10.8. The Bertz CT molecular complexity index is 884. The summed E-state index contributed by atoms with van der Waals surface area (Å²) in [6.45, 7) is 5.65. The smallest absolute Gasteiger partial charge is 0.261 e. The molecule has 5 heteroatoms. The molecular formula is C24H27ClN2O2. The summed E-state index contributed by atoms with van der Waals surface area (Å²) in [7, 11) is 0. The van der Waals surface area contributed by atoms with Crippen LogP contribution in [0.3, 0.4) is 0 Å². The van der Waals surface area contributed by atoms with Gasteiger partial charge in [-0.2, -0.15) is 0 Å². The first-order chi connectivity index (χ1) is 14.0. The number of halogens is 1. The van der Waals surface area contributed by atoms with Gasteiger partial charge in [-0.3, -0.25) is 14.5 Å². The van der Waals surface area contributed by atoms with Gasteiger partial charge in [0, 0.05) is 11.6 Å². The molecule has 1 fully saturated rings. The molecule has 0 radical (unpaired) electrons. The van der Waals surface area contributed by atoms with Crippen molar-refractivity contribution in [1.29, 1.82) is 0 Å². The number of piperidine rings is 1. The van der Waals surface area contributed by atoms with Crippen molar-refractivity contribution in [3.05, 3.63) is 69.7 Å². The van der Waals surface area contributed by atoms with E-state index in [1.165, 1.54) is 16.0 Å². The van der Waals surface area contributed by atoms with Crippen LogP contribution in [0.25, 0.3) is 0 Å². The van der Waals surface area contributed by atoms with Gasteiger partial charge >= 0.3 is 0 Å². The lowest BCUT2D eigenvalue weighted by atomic mass is 9.89. The van der Waals surface area contributed by atoms with Gasteiger partial charge in [-0.25, -0.2) is 0 Å². The summed E-state index contributed by atoms with van der Waals surface area (Å²) >= 11 is 6.36. The molecule has 0 N–H and O–H groups in total. The van der Waals surface area contributed by atoms with Crippen molar-refractivity contribution in [3.8, 4) is 0 Å². The van der Waals surface area contributed by atoms with E-state index in [-0.39, 0.29) is 11.8 Å². The Morgan fingerprint density at radius 3 is 2.28 bits per heavy atom. The number of hydrogen-bond donors (Lipinski definition) is 0. The molecule has 0 saturated carbocycles. The Hall–Kier alpha value is -2.17. The van der Waals surface area contributed by atoms with Crippen LogP contribution in [0, 0.1) is 12.8 Å². The van der Waals surface area contributed by atoms with Crippen molar-refractivity contribution in [3.63, 3.8) is 0 Å². The van der Waals surface area contributed by atoms with Crippen molar-refractivity contribution in [2.75, 3.05) is 26.2 Å². The summed E-state index contributed by atoms with van der Waals surface area (Å²) in [5.74, 6) is 0.362. The predicted octanol–water partition coefficient (Wildman–Crippen LogP) is 4.59. The van der Waals surface area contributed by atoms with Crippen molar-refractivity contribution in [1.82, 2.24) is 9.80 Å². The van der Waals surface area contributed by atoms with Gasteiger partial charge in [0.2, 0.25) is 0 Å². The number of carbonyl (C=O) groups is 2. The highest BCUT2D eigenvalue weighted by Crippen LogP contribution is 2.27. The van der Waals surface area contributed by atoms with E-state index in [1.54, 1.807) is 12.1 Å². The van der Waals surface area contributed by atoms with E-state index in [2.05, 4.69) is 24.0 Å². The summed E-state index contributed by atoms with van der Waals surface area (Å²) in [5.41, 5.74) is 3.59. The molecule has 4 nitrogen and oxygen atoms in total. The van der Waals surface area contributed by atoms with Crippen LogP contribution in [-0.4, -0.2) is 47.8 Å². The second-order valence-corrected chi connectivity index (χ2v) is 8.65. The highest BCUT2D eigenvalue weighted by molar-refractivity contribution is 6.31. The Labute approximate surface area is 177 Å². The number of benzene rings is 2. The molecule has 2 aromatic rings. The number of likely N-dealkylation sites (tertiary alicyclic amines) is 1. The third-order valence-corrected chi connectivity index (χ3v) is 6.52. The molecule has 2 amide bonds. The third kappa shape index (κ3) is 4.39. The third-order valence-electron chi connectivity index (χ3n) is 6.15. The highest BCUT2D eigenvalue weighted by Gasteiger charge is 2.34. The number of rotatable bonds is 6. The van der Waals surface area contributed by atoms with E-state index in [1.807, 2.05) is 18.2 Å². The second-order valence-electron chi connectivity index (χ2n) is 8.25. The van der Waals surface area contributed by atoms with Gasteiger partial charge in [0.1, 0.15) is 0 Å². The Morgan fingerprint density at radius 1 is 0.966 bits per heavy atom. The molecule has 2 aromatic carbocycles. The van der Waals surface area contributed by atoms with Crippen LogP contribution in [0.5, 0.6) is 0 Å². The molecule has 4 rings (SSSR count). The van der Waals surface area contributed by atoms with Crippen LogP contribution in [0.15, 0.2) is 42.5 Å². The minimum absolute atomic E-state index is 0.153. The maximum absolute atomic E-state index is 12.4. The molecule has 0 bridgehead atoms. The van der Waals surface area contributed by atoms with Crippen LogP contribution < -0.4 is 0 Å². The fourth-order valence-electron chi connectivity index (χ4n) is 4.48.